The lowest BCUT2D eigenvalue weighted by atomic mass is 9.79. The minimum atomic E-state index is -0.702. The van der Waals surface area contributed by atoms with Crippen molar-refractivity contribution >= 4 is 5.82 Å². The molecule has 0 aliphatic heterocycles. The fourth-order valence-corrected chi connectivity index (χ4v) is 2.71. The van der Waals surface area contributed by atoms with E-state index in [1.165, 1.54) is 0 Å². The molecule has 1 heterocycles. The maximum Gasteiger partial charge on any atom is 0.293 e. The van der Waals surface area contributed by atoms with Gasteiger partial charge in [-0.2, -0.15) is 0 Å². The molecule has 2 rings (SSSR count). The lowest BCUT2D eigenvalue weighted by Gasteiger charge is -2.35. The summed E-state index contributed by atoms with van der Waals surface area (Å²) in [7, 11) is 0. The third-order valence-electron chi connectivity index (χ3n) is 4.17. The summed E-state index contributed by atoms with van der Waals surface area (Å²) in [5.74, 6) is 1.03. The summed E-state index contributed by atoms with van der Waals surface area (Å²) >= 11 is 0. The molecule has 0 saturated heterocycles. The molecule has 1 aromatic rings. The zero-order valence-corrected chi connectivity index (χ0v) is 12.4. The Labute approximate surface area is 120 Å². The molecular formula is C15H25N3O2. The Morgan fingerprint density at radius 1 is 1.50 bits per heavy atom. The topological polar surface area (TPSA) is 67.2 Å². The summed E-state index contributed by atoms with van der Waals surface area (Å²) < 4.78 is 1.66. The van der Waals surface area contributed by atoms with Crippen LogP contribution in [0.2, 0.25) is 0 Å². The van der Waals surface area contributed by atoms with Crippen LogP contribution in [0.3, 0.4) is 0 Å². The highest BCUT2D eigenvalue weighted by molar-refractivity contribution is 5.31. The second-order valence-electron chi connectivity index (χ2n) is 6.03. The van der Waals surface area contributed by atoms with Crippen molar-refractivity contribution in [1.29, 1.82) is 0 Å². The van der Waals surface area contributed by atoms with Crippen LogP contribution in [0.5, 0.6) is 0 Å². The first kappa shape index (κ1) is 15.0. The molecule has 1 fully saturated rings. The highest BCUT2D eigenvalue weighted by Gasteiger charge is 2.31. The smallest absolute Gasteiger partial charge is 0.293 e. The van der Waals surface area contributed by atoms with Crippen LogP contribution in [0.25, 0.3) is 0 Å². The molecule has 1 aromatic heterocycles. The average Bonchev–Trinajstić information content (AvgIpc) is 2.44. The van der Waals surface area contributed by atoms with Crippen molar-refractivity contribution in [3.8, 4) is 0 Å². The summed E-state index contributed by atoms with van der Waals surface area (Å²) in [6, 6.07) is 0. The average molecular weight is 279 g/mol. The van der Waals surface area contributed by atoms with Gasteiger partial charge < -0.3 is 15.0 Å². The van der Waals surface area contributed by atoms with E-state index in [2.05, 4.69) is 17.2 Å². The number of hydrogen-bond donors (Lipinski definition) is 2. The second-order valence-corrected chi connectivity index (χ2v) is 6.03. The van der Waals surface area contributed by atoms with Crippen LogP contribution in [0.4, 0.5) is 5.82 Å². The van der Waals surface area contributed by atoms with E-state index in [1.807, 2.05) is 6.92 Å². The Morgan fingerprint density at radius 3 is 2.85 bits per heavy atom. The number of aliphatic hydroxyl groups is 1. The SMILES string of the molecule is CCCn1ccnc(NCC2(O)CCC(C)CC2)c1=O. The summed E-state index contributed by atoms with van der Waals surface area (Å²) in [4.78, 5) is 16.2. The lowest BCUT2D eigenvalue weighted by Crippen LogP contribution is -2.41. The fourth-order valence-electron chi connectivity index (χ4n) is 2.71. The zero-order chi connectivity index (χ0) is 14.6. The molecule has 0 aromatic carbocycles. The maximum atomic E-state index is 12.1. The minimum Gasteiger partial charge on any atom is -0.388 e. The Morgan fingerprint density at radius 2 is 2.20 bits per heavy atom. The van der Waals surface area contributed by atoms with E-state index < -0.39 is 5.60 Å². The molecule has 0 atom stereocenters. The standard InChI is InChI=1S/C15H25N3O2/c1-3-9-18-10-8-16-13(14(18)19)17-11-15(20)6-4-12(2)5-7-15/h8,10,12,20H,3-7,9,11H2,1-2H3,(H,16,17). The monoisotopic (exact) mass is 279 g/mol. The lowest BCUT2D eigenvalue weighted by molar-refractivity contribution is 0.00492. The Hall–Kier alpha value is -1.36. The summed E-state index contributed by atoms with van der Waals surface area (Å²) in [5, 5.41) is 13.6. The molecule has 1 aliphatic rings. The Balaban J connectivity index is 2.00. The van der Waals surface area contributed by atoms with Crippen molar-refractivity contribution in [3.05, 3.63) is 22.7 Å². The molecule has 0 spiro atoms. The molecule has 2 N–H and O–H groups in total. The highest BCUT2D eigenvalue weighted by Crippen LogP contribution is 2.31. The molecule has 0 unspecified atom stereocenters. The van der Waals surface area contributed by atoms with Gasteiger partial charge in [0.1, 0.15) is 0 Å². The van der Waals surface area contributed by atoms with E-state index in [4.69, 9.17) is 0 Å². The maximum absolute atomic E-state index is 12.1. The molecule has 0 amide bonds. The predicted octanol–water partition coefficient (Wildman–Crippen LogP) is 2.01. The van der Waals surface area contributed by atoms with Crippen molar-refractivity contribution in [1.82, 2.24) is 9.55 Å². The van der Waals surface area contributed by atoms with Crippen LogP contribution >= 0.6 is 0 Å². The highest BCUT2D eigenvalue weighted by atomic mass is 16.3. The molecule has 20 heavy (non-hydrogen) atoms. The van der Waals surface area contributed by atoms with Crippen LogP contribution in [0.1, 0.15) is 46.0 Å². The zero-order valence-electron chi connectivity index (χ0n) is 12.4. The van der Waals surface area contributed by atoms with Gasteiger partial charge >= 0.3 is 0 Å². The van der Waals surface area contributed by atoms with Crippen LogP contribution in [0.15, 0.2) is 17.2 Å². The van der Waals surface area contributed by atoms with Crippen molar-refractivity contribution in [2.75, 3.05) is 11.9 Å². The van der Waals surface area contributed by atoms with Gasteiger partial charge in [0.25, 0.3) is 5.56 Å². The van der Waals surface area contributed by atoms with E-state index in [0.717, 1.165) is 32.1 Å². The molecule has 1 saturated carbocycles. The number of anilines is 1. The van der Waals surface area contributed by atoms with Gasteiger partial charge in [-0.1, -0.05) is 13.8 Å². The number of hydrogen-bond acceptors (Lipinski definition) is 4. The predicted molar refractivity (Wildman–Crippen MR) is 79.9 cm³/mol. The minimum absolute atomic E-state index is 0.109. The quantitative estimate of drug-likeness (QED) is 0.865. The van der Waals surface area contributed by atoms with Crippen molar-refractivity contribution in [2.24, 2.45) is 5.92 Å². The Bertz CT molecular complexity index is 490. The van der Waals surface area contributed by atoms with E-state index in [1.54, 1.807) is 17.0 Å². The van der Waals surface area contributed by atoms with Gasteiger partial charge in [-0.15, -0.1) is 0 Å². The van der Waals surface area contributed by atoms with Gasteiger partial charge in [-0.3, -0.25) is 4.79 Å². The first-order chi connectivity index (χ1) is 9.54. The molecule has 5 nitrogen and oxygen atoms in total. The summed E-state index contributed by atoms with van der Waals surface area (Å²) in [6.45, 7) is 5.34. The van der Waals surface area contributed by atoms with Crippen LogP contribution in [-0.4, -0.2) is 26.8 Å². The van der Waals surface area contributed by atoms with E-state index >= 15 is 0 Å². The van der Waals surface area contributed by atoms with Gasteiger partial charge in [0.2, 0.25) is 0 Å². The van der Waals surface area contributed by atoms with E-state index in [9.17, 15) is 9.90 Å². The first-order valence-electron chi connectivity index (χ1n) is 7.56. The summed E-state index contributed by atoms with van der Waals surface area (Å²) in [5.41, 5.74) is -0.811. The van der Waals surface area contributed by atoms with Crippen molar-refractivity contribution < 1.29 is 5.11 Å². The number of aromatic nitrogens is 2. The van der Waals surface area contributed by atoms with E-state index in [-0.39, 0.29) is 5.56 Å². The van der Waals surface area contributed by atoms with Gasteiger partial charge in [-0.05, 0) is 38.0 Å². The molecule has 5 heteroatoms. The molecular weight excluding hydrogens is 254 g/mol. The largest absolute Gasteiger partial charge is 0.388 e. The van der Waals surface area contributed by atoms with Gasteiger partial charge in [0.05, 0.1) is 5.60 Å². The number of nitrogens with one attached hydrogen (secondary N) is 1. The van der Waals surface area contributed by atoms with Crippen molar-refractivity contribution in [2.45, 2.75) is 58.1 Å². The molecule has 112 valence electrons. The Kier molecular flexibility index (Phi) is 4.81. The number of nitrogens with zero attached hydrogens (tertiary/aromatic N) is 2. The number of aryl methyl sites for hydroxylation is 1. The van der Waals surface area contributed by atoms with E-state index in [0.29, 0.717) is 24.8 Å². The molecule has 0 radical (unpaired) electrons. The molecule has 1 aliphatic carbocycles. The van der Waals surface area contributed by atoms with Crippen molar-refractivity contribution in [3.63, 3.8) is 0 Å². The van der Waals surface area contributed by atoms with Gasteiger partial charge in [0, 0.05) is 25.5 Å². The fraction of sp³-hybridized carbons (Fsp3) is 0.733. The van der Waals surface area contributed by atoms with Crippen LogP contribution in [-0.2, 0) is 6.54 Å². The number of rotatable bonds is 5. The third-order valence-corrected chi connectivity index (χ3v) is 4.17. The first-order valence-corrected chi connectivity index (χ1v) is 7.56. The second kappa shape index (κ2) is 6.39. The van der Waals surface area contributed by atoms with Crippen LogP contribution < -0.4 is 10.9 Å². The summed E-state index contributed by atoms with van der Waals surface area (Å²) in [6.07, 6.45) is 7.90. The molecule has 0 bridgehead atoms. The van der Waals surface area contributed by atoms with Crippen LogP contribution in [0, 0.1) is 5.92 Å². The van der Waals surface area contributed by atoms with Gasteiger partial charge in [-0.25, -0.2) is 4.98 Å². The third kappa shape index (κ3) is 3.60. The normalized spacial score (nSPS) is 26.4. The van der Waals surface area contributed by atoms with Gasteiger partial charge in [0.15, 0.2) is 5.82 Å².